The van der Waals surface area contributed by atoms with Gasteiger partial charge in [-0.25, -0.2) is 9.59 Å². The lowest BCUT2D eigenvalue weighted by Crippen LogP contribution is -2.48. The van der Waals surface area contributed by atoms with Crippen molar-refractivity contribution in [1.82, 2.24) is 10.6 Å². The van der Waals surface area contributed by atoms with Crippen LogP contribution in [0.4, 0.5) is 4.79 Å². The standard InChI is InChI=1S/C21H24N2O6/c1-27-20(25)18(23-21(26)29-15-17-10-6-3-7-11-17)12-22-13-19(24)28-14-16-8-4-2-5-9-16/h2-11,18,22H,12-15H2,1H3,(H,23,26). The minimum absolute atomic E-state index is 0.0203. The lowest BCUT2D eigenvalue weighted by Gasteiger charge is -2.17. The molecule has 2 N–H and O–H groups in total. The van der Waals surface area contributed by atoms with E-state index in [1.165, 1.54) is 7.11 Å². The van der Waals surface area contributed by atoms with Crippen molar-refractivity contribution in [2.24, 2.45) is 0 Å². The molecule has 0 aliphatic heterocycles. The molecule has 0 spiro atoms. The van der Waals surface area contributed by atoms with Crippen LogP contribution in [0.1, 0.15) is 11.1 Å². The molecule has 0 radical (unpaired) electrons. The van der Waals surface area contributed by atoms with Crippen LogP contribution in [0.15, 0.2) is 60.7 Å². The molecule has 1 amide bonds. The van der Waals surface area contributed by atoms with Crippen LogP contribution in [-0.2, 0) is 37.0 Å². The number of ether oxygens (including phenoxy) is 3. The smallest absolute Gasteiger partial charge is 0.408 e. The topological polar surface area (TPSA) is 103 Å². The van der Waals surface area contributed by atoms with Gasteiger partial charge in [0.2, 0.25) is 0 Å². The molecule has 0 saturated heterocycles. The lowest BCUT2D eigenvalue weighted by molar-refractivity contribution is -0.145. The molecule has 1 unspecified atom stereocenters. The van der Waals surface area contributed by atoms with Crippen LogP contribution in [0.5, 0.6) is 0 Å². The predicted molar refractivity (Wildman–Crippen MR) is 105 cm³/mol. The molecule has 8 heteroatoms. The Morgan fingerprint density at radius 2 is 1.41 bits per heavy atom. The summed E-state index contributed by atoms with van der Waals surface area (Å²) in [5, 5.41) is 5.19. The maximum absolute atomic E-state index is 11.9. The summed E-state index contributed by atoms with van der Waals surface area (Å²) in [6.45, 7) is 0.0836. The van der Waals surface area contributed by atoms with Gasteiger partial charge in [0, 0.05) is 6.54 Å². The van der Waals surface area contributed by atoms with Crippen molar-refractivity contribution < 1.29 is 28.6 Å². The first-order valence-corrected chi connectivity index (χ1v) is 9.04. The Morgan fingerprint density at radius 3 is 1.97 bits per heavy atom. The maximum atomic E-state index is 11.9. The SMILES string of the molecule is COC(=O)C(CNCC(=O)OCc1ccccc1)NC(=O)OCc1ccccc1. The molecule has 0 bridgehead atoms. The Labute approximate surface area is 169 Å². The molecule has 2 aromatic rings. The predicted octanol–water partition coefficient (Wildman–Crippen LogP) is 1.79. The molecule has 2 aromatic carbocycles. The molecule has 0 saturated carbocycles. The van der Waals surface area contributed by atoms with Crippen LogP contribution in [0.25, 0.3) is 0 Å². The number of hydrogen-bond donors (Lipinski definition) is 2. The first-order chi connectivity index (χ1) is 14.1. The van der Waals surface area contributed by atoms with Crippen molar-refractivity contribution in [3.63, 3.8) is 0 Å². The second-order valence-corrected chi connectivity index (χ2v) is 6.06. The zero-order chi connectivity index (χ0) is 20.9. The lowest BCUT2D eigenvalue weighted by atomic mass is 10.2. The molecular formula is C21H24N2O6. The van der Waals surface area contributed by atoms with Gasteiger partial charge in [0.1, 0.15) is 19.3 Å². The van der Waals surface area contributed by atoms with E-state index in [1.807, 2.05) is 60.7 Å². The monoisotopic (exact) mass is 400 g/mol. The van der Waals surface area contributed by atoms with Gasteiger partial charge in [-0.05, 0) is 11.1 Å². The number of methoxy groups -OCH3 is 1. The van der Waals surface area contributed by atoms with Gasteiger partial charge in [0.15, 0.2) is 0 Å². The summed E-state index contributed by atoms with van der Waals surface area (Å²) in [4.78, 5) is 35.6. The highest BCUT2D eigenvalue weighted by molar-refractivity contribution is 5.81. The molecule has 2 rings (SSSR count). The van der Waals surface area contributed by atoms with Gasteiger partial charge >= 0.3 is 18.0 Å². The van der Waals surface area contributed by atoms with Crippen molar-refractivity contribution in [2.45, 2.75) is 19.3 Å². The largest absolute Gasteiger partial charge is 0.467 e. The molecule has 0 heterocycles. The minimum Gasteiger partial charge on any atom is -0.467 e. The fourth-order valence-corrected chi connectivity index (χ4v) is 2.35. The summed E-state index contributed by atoms with van der Waals surface area (Å²) >= 11 is 0. The second-order valence-electron chi connectivity index (χ2n) is 6.06. The third-order valence-electron chi connectivity index (χ3n) is 3.85. The van der Waals surface area contributed by atoms with Gasteiger partial charge in [-0.1, -0.05) is 60.7 Å². The van der Waals surface area contributed by atoms with Crippen molar-refractivity contribution >= 4 is 18.0 Å². The van der Waals surface area contributed by atoms with E-state index in [4.69, 9.17) is 9.47 Å². The molecule has 0 aromatic heterocycles. The summed E-state index contributed by atoms with van der Waals surface area (Å²) in [7, 11) is 1.21. The number of esters is 2. The van der Waals surface area contributed by atoms with Crippen LogP contribution in [0.2, 0.25) is 0 Å². The van der Waals surface area contributed by atoms with Gasteiger partial charge < -0.3 is 24.8 Å². The van der Waals surface area contributed by atoms with Gasteiger partial charge in [-0.15, -0.1) is 0 Å². The van der Waals surface area contributed by atoms with Crippen LogP contribution in [0.3, 0.4) is 0 Å². The fraction of sp³-hybridized carbons (Fsp3) is 0.286. The Balaban J connectivity index is 1.72. The first-order valence-electron chi connectivity index (χ1n) is 9.04. The normalized spacial score (nSPS) is 11.2. The van der Waals surface area contributed by atoms with Crippen LogP contribution >= 0.6 is 0 Å². The molecule has 1 atom stereocenters. The molecule has 0 aliphatic carbocycles. The summed E-state index contributed by atoms with van der Waals surface area (Å²) in [5.74, 6) is -1.14. The second kappa shape index (κ2) is 12.1. The van der Waals surface area contributed by atoms with Gasteiger partial charge in [-0.2, -0.15) is 0 Å². The maximum Gasteiger partial charge on any atom is 0.408 e. The third kappa shape index (κ3) is 8.44. The highest BCUT2D eigenvalue weighted by Crippen LogP contribution is 2.02. The number of hydrogen-bond acceptors (Lipinski definition) is 7. The van der Waals surface area contributed by atoms with Gasteiger partial charge in [-0.3, -0.25) is 4.79 Å². The van der Waals surface area contributed by atoms with Crippen molar-refractivity contribution in [1.29, 1.82) is 0 Å². The van der Waals surface area contributed by atoms with Crippen LogP contribution in [-0.4, -0.2) is 44.3 Å². The average molecular weight is 400 g/mol. The zero-order valence-electron chi connectivity index (χ0n) is 16.1. The van der Waals surface area contributed by atoms with E-state index < -0.39 is 24.1 Å². The molecule has 0 fully saturated rings. The number of carbonyl (C=O) groups is 3. The number of benzene rings is 2. The van der Waals surface area contributed by atoms with Crippen LogP contribution in [0, 0.1) is 0 Å². The Hall–Kier alpha value is -3.39. The van der Waals surface area contributed by atoms with E-state index in [0.717, 1.165) is 11.1 Å². The summed E-state index contributed by atoms with van der Waals surface area (Å²) in [6.07, 6.45) is -0.766. The Morgan fingerprint density at radius 1 is 0.862 bits per heavy atom. The molecule has 29 heavy (non-hydrogen) atoms. The van der Waals surface area contributed by atoms with E-state index >= 15 is 0 Å². The van der Waals surface area contributed by atoms with Gasteiger partial charge in [0.05, 0.1) is 13.7 Å². The number of alkyl carbamates (subject to hydrolysis) is 1. The van der Waals surface area contributed by atoms with Crippen molar-refractivity contribution in [3.8, 4) is 0 Å². The highest BCUT2D eigenvalue weighted by Gasteiger charge is 2.22. The summed E-state index contributed by atoms with van der Waals surface area (Å²) in [5.41, 5.74) is 1.69. The quantitative estimate of drug-likeness (QED) is 0.463. The van der Waals surface area contributed by atoms with Crippen molar-refractivity contribution in [3.05, 3.63) is 71.8 Å². The number of rotatable bonds is 10. The van der Waals surface area contributed by atoms with Gasteiger partial charge in [0.25, 0.3) is 0 Å². The van der Waals surface area contributed by atoms with E-state index in [1.54, 1.807) is 0 Å². The molecule has 0 aliphatic rings. The number of amides is 1. The number of carbonyl (C=O) groups excluding carboxylic acids is 3. The van der Waals surface area contributed by atoms with E-state index in [2.05, 4.69) is 15.4 Å². The van der Waals surface area contributed by atoms with E-state index in [-0.39, 0.29) is 26.3 Å². The Bertz CT molecular complexity index is 782. The highest BCUT2D eigenvalue weighted by atomic mass is 16.6. The van der Waals surface area contributed by atoms with Crippen molar-refractivity contribution in [2.75, 3.05) is 20.2 Å². The zero-order valence-corrected chi connectivity index (χ0v) is 16.1. The summed E-state index contributed by atoms with van der Waals surface area (Å²) < 4.78 is 14.9. The molecule has 8 nitrogen and oxygen atoms in total. The van der Waals surface area contributed by atoms with E-state index in [9.17, 15) is 14.4 Å². The summed E-state index contributed by atoms with van der Waals surface area (Å²) in [6, 6.07) is 17.4. The number of nitrogens with one attached hydrogen (secondary N) is 2. The average Bonchev–Trinajstić information content (AvgIpc) is 2.76. The minimum atomic E-state index is -1.01. The molecular weight excluding hydrogens is 376 g/mol. The Kier molecular flexibility index (Phi) is 9.17. The fourth-order valence-electron chi connectivity index (χ4n) is 2.35. The molecule has 154 valence electrons. The third-order valence-corrected chi connectivity index (χ3v) is 3.85. The first kappa shape index (κ1) is 21.9. The van der Waals surface area contributed by atoms with E-state index in [0.29, 0.717) is 0 Å². The van der Waals surface area contributed by atoms with Crippen LogP contribution < -0.4 is 10.6 Å².